The molecule has 0 fully saturated rings. The van der Waals surface area contributed by atoms with E-state index in [-0.39, 0.29) is 31.1 Å². The Labute approximate surface area is 406 Å². The Kier molecular flexibility index (Phi) is 50.5. The summed E-state index contributed by atoms with van der Waals surface area (Å²) < 4.78 is 16.9. The van der Waals surface area contributed by atoms with Gasteiger partial charge in [0.25, 0.3) is 0 Å². The highest BCUT2D eigenvalue weighted by atomic mass is 16.6. The number of esters is 3. The summed E-state index contributed by atoms with van der Waals surface area (Å²) in [5.41, 5.74) is 0. The molecule has 0 saturated heterocycles. The number of ether oxygens (including phenoxy) is 3. The van der Waals surface area contributed by atoms with Crippen LogP contribution in [0, 0.1) is 11.8 Å². The number of rotatable bonds is 53. The Morgan fingerprint density at radius 1 is 0.323 bits per heavy atom. The molecule has 0 bridgehead atoms. The van der Waals surface area contributed by atoms with Crippen molar-refractivity contribution in [2.45, 2.75) is 336 Å². The zero-order valence-electron chi connectivity index (χ0n) is 44.6. The van der Waals surface area contributed by atoms with Crippen LogP contribution >= 0.6 is 0 Å². The van der Waals surface area contributed by atoms with E-state index in [1.807, 2.05) is 0 Å². The van der Waals surface area contributed by atoms with E-state index in [0.717, 1.165) is 69.6 Å². The molecule has 0 aliphatic heterocycles. The third-order valence-electron chi connectivity index (χ3n) is 13.8. The van der Waals surface area contributed by atoms with Crippen LogP contribution in [0.1, 0.15) is 330 Å². The second-order valence-electron chi connectivity index (χ2n) is 21.0. The predicted molar refractivity (Wildman–Crippen MR) is 280 cm³/mol. The number of hydrogen-bond acceptors (Lipinski definition) is 6. The molecule has 6 nitrogen and oxygen atoms in total. The molecule has 0 radical (unpaired) electrons. The smallest absolute Gasteiger partial charge is 0.306 e. The molecule has 65 heavy (non-hydrogen) atoms. The summed E-state index contributed by atoms with van der Waals surface area (Å²) in [6, 6.07) is 0. The van der Waals surface area contributed by atoms with Gasteiger partial charge in [-0.1, -0.05) is 291 Å². The number of carbonyl (C=O) groups is 3. The van der Waals surface area contributed by atoms with Gasteiger partial charge in [0, 0.05) is 19.3 Å². The van der Waals surface area contributed by atoms with Crippen LogP contribution in [0.2, 0.25) is 0 Å². The number of carbonyl (C=O) groups excluding carboxylic acids is 3. The van der Waals surface area contributed by atoms with E-state index in [9.17, 15) is 14.4 Å². The normalized spacial score (nSPS) is 12.5. The van der Waals surface area contributed by atoms with Crippen LogP contribution in [0.4, 0.5) is 0 Å². The van der Waals surface area contributed by atoms with Gasteiger partial charge in [0.1, 0.15) is 13.2 Å². The second kappa shape index (κ2) is 51.8. The van der Waals surface area contributed by atoms with Crippen molar-refractivity contribution in [2.75, 3.05) is 13.2 Å². The van der Waals surface area contributed by atoms with Crippen molar-refractivity contribution in [3.05, 3.63) is 0 Å². The Hall–Kier alpha value is -1.59. The Bertz CT molecular complexity index is 995. The van der Waals surface area contributed by atoms with Gasteiger partial charge in [-0.05, 0) is 31.1 Å². The van der Waals surface area contributed by atoms with E-state index in [2.05, 4.69) is 34.6 Å². The summed E-state index contributed by atoms with van der Waals surface area (Å²) in [4.78, 5) is 38.1. The maximum atomic E-state index is 12.9. The molecule has 0 aromatic heterocycles. The largest absolute Gasteiger partial charge is 0.462 e. The Morgan fingerprint density at radius 3 is 0.877 bits per heavy atom. The van der Waals surface area contributed by atoms with Crippen molar-refractivity contribution in [1.29, 1.82) is 0 Å². The van der Waals surface area contributed by atoms with Gasteiger partial charge in [0.05, 0.1) is 0 Å². The van der Waals surface area contributed by atoms with Gasteiger partial charge in [-0.3, -0.25) is 14.4 Å². The molecule has 0 saturated carbocycles. The van der Waals surface area contributed by atoms with Gasteiger partial charge in [-0.15, -0.1) is 0 Å². The zero-order chi connectivity index (χ0) is 47.5. The van der Waals surface area contributed by atoms with Gasteiger partial charge in [-0.25, -0.2) is 0 Å². The molecule has 0 heterocycles. The fourth-order valence-electron chi connectivity index (χ4n) is 9.02. The van der Waals surface area contributed by atoms with Crippen molar-refractivity contribution in [3.8, 4) is 0 Å². The molecule has 0 aliphatic carbocycles. The summed E-state index contributed by atoms with van der Waals surface area (Å²) in [5, 5.41) is 0. The third-order valence-corrected chi connectivity index (χ3v) is 13.8. The van der Waals surface area contributed by atoms with Crippen LogP contribution < -0.4 is 0 Å². The van der Waals surface area contributed by atoms with Crippen LogP contribution in [0.15, 0.2) is 0 Å². The van der Waals surface area contributed by atoms with Crippen molar-refractivity contribution < 1.29 is 28.6 Å². The lowest BCUT2D eigenvalue weighted by Gasteiger charge is -2.18. The molecular weight excluding hydrogens is 805 g/mol. The topological polar surface area (TPSA) is 78.9 Å². The molecular formula is C59H114O6. The molecule has 386 valence electrons. The van der Waals surface area contributed by atoms with Gasteiger partial charge in [0.15, 0.2) is 6.10 Å². The van der Waals surface area contributed by atoms with E-state index in [0.29, 0.717) is 19.3 Å². The first-order valence-corrected chi connectivity index (χ1v) is 29.3. The first kappa shape index (κ1) is 63.4. The first-order valence-electron chi connectivity index (χ1n) is 29.3. The highest BCUT2D eigenvalue weighted by Gasteiger charge is 2.19. The summed E-state index contributed by atoms with van der Waals surface area (Å²) in [5.74, 6) is 0.875. The minimum atomic E-state index is -0.763. The first-order chi connectivity index (χ1) is 31.8. The summed E-state index contributed by atoms with van der Waals surface area (Å²) in [6.07, 6.45) is 55.1. The van der Waals surface area contributed by atoms with Crippen molar-refractivity contribution >= 4 is 17.9 Å². The van der Waals surface area contributed by atoms with E-state index in [1.165, 1.54) is 218 Å². The van der Waals surface area contributed by atoms with Gasteiger partial charge in [-0.2, -0.15) is 0 Å². The average Bonchev–Trinajstić information content (AvgIpc) is 3.29. The highest BCUT2D eigenvalue weighted by Crippen LogP contribution is 2.19. The zero-order valence-corrected chi connectivity index (χ0v) is 44.6. The van der Waals surface area contributed by atoms with Gasteiger partial charge >= 0.3 is 17.9 Å². The summed E-state index contributed by atoms with van der Waals surface area (Å²) in [7, 11) is 0. The van der Waals surface area contributed by atoms with E-state index >= 15 is 0 Å². The predicted octanol–water partition coefficient (Wildman–Crippen LogP) is 19.3. The molecule has 0 amide bonds. The quantitative estimate of drug-likeness (QED) is 0.0344. The molecule has 1 unspecified atom stereocenters. The van der Waals surface area contributed by atoms with Crippen LogP contribution in [-0.2, 0) is 28.6 Å². The molecule has 0 spiro atoms. The minimum Gasteiger partial charge on any atom is -0.462 e. The van der Waals surface area contributed by atoms with Crippen molar-refractivity contribution in [2.24, 2.45) is 11.8 Å². The van der Waals surface area contributed by atoms with E-state index in [1.54, 1.807) is 0 Å². The lowest BCUT2D eigenvalue weighted by Crippen LogP contribution is -2.30. The number of unbranched alkanes of at least 4 members (excludes halogenated alkanes) is 37. The monoisotopic (exact) mass is 919 g/mol. The highest BCUT2D eigenvalue weighted by molar-refractivity contribution is 5.71. The minimum absolute atomic E-state index is 0.0627. The molecule has 0 aliphatic rings. The van der Waals surface area contributed by atoms with Crippen LogP contribution in [0.25, 0.3) is 0 Å². The molecule has 6 heteroatoms. The van der Waals surface area contributed by atoms with Crippen LogP contribution in [0.3, 0.4) is 0 Å². The summed E-state index contributed by atoms with van der Waals surface area (Å²) >= 11 is 0. The van der Waals surface area contributed by atoms with Crippen LogP contribution in [-0.4, -0.2) is 37.2 Å². The van der Waals surface area contributed by atoms with E-state index < -0.39 is 6.10 Å². The van der Waals surface area contributed by atoms with Gasteiger partial charge < -0.3 is 14.2 Å². The maximum absolute atomic E-state index is 12.9. The molecule has 2 atom stereocenters. The maximum Gasteiger partial charge on any atom is 0.306 e. The summed E-state index contributed by atoms with van der Waals surface area (Å²) in [6.45, 7) is 11.4. The fourth-order valence-corrected chi connectivity index (χ4v) is 9.02. The second-order valence-corrected chi connectivity index (χ2v) is 21.0. The lowest BCUT2D eigenvalue weighted by atomic mass is 9.99. The van der Waals surface area contributed by atoms with Crippen LogP contribution in [0.5, 0.6) is 0 Å². The number of hydrogen-bond donors (Lipinski definition) is 0. The molecule has 0 rings (SSSR count). The van der Waals surface area contributed by atoms with E-state index in [4.69, 9.17) is 14.2 Å². The molecule has 0 aromatic carbocycles. The Balaban J connectivity index is 4.29. The lowest BCUT2D eigenvalue weighted by molar-refractivity contribution is -0.167. The molecule has 0 aromatic rings. The third kappa shape index (κ3) is 51.6. The Morgan fingerprint density at radius 2 is 0.585 bits per heavy atom. The SMILES string of the molecule is CCCCCCCCCCCCCCCCCCC(=O)O[C@H](COC(=O)CCCCCCCCCCCCCCCCC(C)CC)COC(=O)CCCCCCCCCCCCC(C)C. The fraction of sp³-hybridized carbons (Fsp3) is 0.949. The standard InChI is InChI=1S/C59H114O6/c1-6-8-9-10-11-12-13-14-15-16-21-24-31-36-41-46-51-59(62)65-56(53-64-58(61)50-45-40-35-30-26-25-27-32-37-42-47-54(3)4)52-63-57(60)49-44-39-34-29-23-20-18-17-19-22-28-33-38-43-48-55(5)7-2/h54-56H,6-53H2,1-5H3/t55?,56-/m1/s1. The van der Waals surface area contributed by atoms with Gasteiger partial charge in [0.2, 0.25) is 0 Å². The van der Waals surface area contributed by atoms with Crippen molar-refractivity contribution in [1.82, 2.24) is 0 Å². The average molecular weight is 920 g/mol. The van der Waals surface area contributed by atoms with Crippen molar-refractivity contribution in [3.63, 3.8) is 0 Å². The molecule has 0 N–H and O–H groups in total.